The van der Waals surface area contributed by atoms with E-state index in [0.717, 1.165) is 12.1 Å². The van der Waals surface area contributed by atoms with E-state index in [0.29, 0.717) is 18.9 Å². The lowest BCUT2D eigenvalue weighted by molar-refractivity contribution is -0.114. The van der Waals surface area contributed by atoms with Gasteiger partial charge in [-0.1, -0.05) is 19.1 Å². The van der Waals surface area contributed by atoms with Crippen LogP contribution in [0.1, 0.15) is 12.5 Å². The third-order valence-electron chi connectivity index (χ3n) is 4.85. The van der Waals surface area contributed by atoms with Crippen molar-refractivity contribution >= 4 is 27.3 Å². The molecular formula is C21H27N3O5S. The van der Waals surface area contributed by atoms with Gasteiger partial charge in [-0.05, 0) is 42.3 Å². The molecule has 1 heterocycles. The number of aryl methyl sites for hydroxylation is 1. The van der Waals surface area contributed by atoms with Crippen molar-refractivity contribution in [2.75, 3.05) is 50.6 Å². The van der Waals surface area contributed by atoms with Crippen molar-refractivity contribution in [3.05, 3.63) is 48.0 Å². The van der Waals surface area contributed by atoms with E-state index in [9.17, 15) is 13.2 Å². The molecule has 0 aliphatic carbocycles. The molecule has 0 radical (unpaired) electrons. The third-order valence-corrected chi connectivity index (χ3v) is 6.77. The zero-order chi connectivity index (χ0) is 21.6. The Kier molecular flexibility index (Phi) is 7.30. The lowest BCUT2D eigenvalue weighted by atomic mass is 10.1. The first-order valence-corrected chi connectivity index (χ1v) is 11.3. The SMILES string of the molecule is CCc1ccc(NCC(=O)Nc2ccc(OC)c(S(=O)(=O)N3CCOCC3)c2)cc1. The molecular weight excluding hydrogens is 406 g/mol. The summed E-state index contributed by atoms with van der Waals surface area (Å²) in [5.74, 6) is -0.0527. The first kappa shape index (κ1) is 22.1. The molecule has 0 bridgehead atoms. The number of nitrogens with one attached hydrogen (secondary N) is 2. The molecule has 3 rings (SSSR count). The smallest absolute Gasteiger partial charge is 0.246 e. The van der Waals surface area contributed by atoms with Gasteiger partial charge in [0.05, 0.1) is 26.9 Å². The van der Waals surface area contributed by atoms with Gasteiger partial charge in [0.2, 0.25) is 15.9 Å². The Morgan fingerprint density at radius 2 is 1.77 bits per heavy atom. The van der Waals surface area contributed by atoms with Crippen molar-refractivity contribution in [3.63, 3.8) is 0 Å². The number of nitrogens with zero attached hydrogens (tertiary/aromatic N) is 1. The predicted molar refractivity (Wildman–Crippen MR) is 116 cm³/mol. The summed E-state index contributed by atoms with van der Waals surface area (Å²) >= 11 is 0. The van der Waals surface area contributed by atoms with Crippen LogP contribution >= 0.6 is 0 Å². The molecule has 1 fully saturated rings. The monoisotopic (exact) mass is 433 g/mol. The number of amides is 1. The highest BCUT2D eigenvalue weighted by Gasteiger charge is 2.29. The van der Waals surface area contributed by atoms with Gasteiger partial charge in [0.25, 0.3) is 0 Å². The fourth-order valence-corrected chi connectivity index (χ4v) is 4.72. The molecule has 162 valence electrons. The van der Waals surface area contributed by atoms with Crippen LogP contribution in [0.2, 0.25) is 0 Å². The van der Waals surface area contributed by atoms with Crippen molar-refractivity contribution in [3.8, 4) is 5.75 Å². The summed E-state index contributed by atoms with van der Waals surface area (Å²) in [6.45, 7) is 3.40. The zero-order valence-corrected chi connectivity index (χ0v) is 18.0. The van der Waals surface area contributed by atoms with Crippen LogP contribution in [0, 0.1) is 0 Å². The standard InChI is InChI=1S/C21H27N3O5S/c1-3-16-4-6-17(7-5-16)22-15-21(25)23-18-8-9-19(28-2)20(14-18)30(26,27)24-10-12-29-13-11-24/h4-9,14,22H,3,10-13,15H2,1-2H3,(H,23,25). The van der Waals surface area contributed by atoms with Gasteiger partial charge in [0, 0.05) is 24.5 Å². The molecule has 1 aliphatic rings. The quantitative estimate of drug-likeness (QED) is 0.663. The lowest BCUT2D eigenvalue weighted by Gasteiger charge is -2.26. The largest absolute Gasteiger partial charge is 0.495 e. The van der Waals surface area contributed by atoms with Gasteiger partial charge in [-0.15, -0.1) is 0 Å². The molecule has 8 nitrogen and oxygen atoms in total. The van der Waals surface area contributed by atoms with Crippen LogP contribution in [-0.2, 0) is 26.0 Å². The van der Waals surface area contributed by atoms with Crippen LogP contribution in [0.25, 0.3) is 0 Å². The van der Waals surface area contributed by atoms with Crippen LogP contribution in [0.5, 0.6) is 5.75 Å². The zero-order valence-electron chi connectivity index (χ0n) is 17.2. The van der Waals surface area contributed by atoms with Gasteiger partial charge < -0.3 is 20.1 Å². The Labute approximate surface area is 177 Å². The Bertz CT molecular complexity index is 971. The summed E-state index contributed by atoms with van der Waals surface area (Å²) in [5, 5.41) is 5.79. The second-order valence-electron chi connectivity index (χ2n) is 6.83. The van der Waals surface area contributed by atoms with Gasteiger partial charge in [-0.2, -0.15) is 4.31 Å². The molecule has 2 aromatic rings. The predicted octanol–water partition coefficient (Wildman–Crippen LogP) is 2.33. The van der Waals surface area contributed by atoms with Crippen molar-refractivity contribution in [2.45, 2.75) is 18.2 Å². The number of anilines is 2. The molecule has 0 atom stereocenters. The molecule has 0 spiro atoms. The molecule has 0 unspecified atom stereocenters. The van der Waals surface area contributed by atoms with Gasteiger partial charge in [-0.25, -0.2) is 8.42 Å². The lowest BCUT2D eigenvalue weighted by Crippen LogP contribution is -2.40. The van der Waals surface area contributed by atoms with E-state index < -0.39 is 10.0 Å². The molecule has 0 saturated carbocycles. The van der Waals surface area contributed by atoms with E-state index in [1.807, 2.05) is 24.3 Å². The maximum atomic E-state index is 13.0. The molecule has 9 heteroatoms. The van der Waals surface area contributed by atoms with Crippen molar-refractivity contribution in [1.82, 2.24) is 4.31 Å². The maximum absolute atomic E-state index is 13.0. The van der Waals surface area contributed by atoms with Crippen molar-refractivity contribution in [2.24, 2.45) is 0 Å². The summed E-state index contributed by atoms with van der Waals surface area (Å²) in [7, 11) is -2.35. The van der Waals surface area contributed by atoms with Crippen LogP contribution in [0.15, 0.2) is 47.4 Å². The Balaban J connectivity index is 1.69. The molecule has 2 N–H and O–H groups in total. The Morgan fingerprint density at radius 1 is 1.10 bits per heavy atom. The fourth-order valence-electron chi connectivity index (χ4n) is 3.13. The van der Waals surface area contributed by atoms with Crippen LogP contribution in [0.3, 0.4) is 0 Å². The number of ether oxygens (including phenoxy) is 2. The summed E-state index contributed by atoms with van der Waals surface area (Å²) in [6.07, 6.45) is 0.952. The van der Waals surface area contributed by atoms with Crippen molar-refractivity contribution in [1.29, 1.82) is 0 Å². The number of carbonyl (C=O) groups is 1. The summed E-state index contributed by atoms with van der Waals surface area (Å²) < 4.78 is 37.9. The number of hydrogen-bond donors (Lipinski definition) is 2. The normalized spacial score (nSPS) is 14.9. The van der Waals surface area contributed by atoms with Crippen LogP contribution in [-0.4, -0.2) is 58.6 Å². The topological polar surface area (TPSA) is 97.0 Å². The van der Waals surface area contributed by atoms with Gasteiger partial charge in [-0.3, -0.25) is 4.79 Å². The molecule has 1 aliphatic heterocycles. The van der Waals surface area contributed by atoms with E-state index in [-0.39, 0.29) is 36.2 Å². The number of sulfonamides is 1. The minimum atomic E-state index is -3.76. The van der Waals surface area contributed by atoms with E-state index in [4.69, 9.17) is 9.47 Å². The number of rotatable bonds is 8. The van der Waals surface area contributed by atoms with E-state index in [1.165, 1.54) is 23.0 Å². The molecule has 1 amide bonds. The second-order valence-corrected chi connectivity index (χ2v) is 8.74. The molecule has 2 aromatic carbocycles. The number of hydrogen-bond acceptors (Lipinski definition) is 6. The van der Waals surface area contributed by atoms with E-state index in [2.05, 4.69) is 17.6 Å². The number of benzene rings is 2. The molecule has 1 saturated heterocycles. The molecule has 0 aromatic heterocycles. The minimum absolute atomic E-state index is 0.0211. The average molecular weight is 434 g/mol. The molecule has 30 heavy (non-hydrogen) atoms. The van der Waals surface area contributed by atoms with Crippen LogP contribution < -0.4 is 15.4 Å². The van der Waals surface area contributed by atoms with E-state index >= 15 is 0 Å². The minimum Gasteiger partial charge on any atom is -0.495 e. The first-order valence-electron chi connectivity index (χ1n) is 9.82. The highest BCUT2D eigenvalue weighted by atomic mass is 32.2. The van der Waals surface area contributed by atoms with Crippen molar-refractivity contribution < 1.29 is 22.7 Å². The number of morpholine rings is 1. The van der Waals surface area contributed by atoms with Crippen LogP contribution in [0.4, 0.5) is 11.4 Å². The Morgan fingerprint density at radius 3 is 2.40 bits per heavy atom. The highest BCUT2D eigenvalue weighted by molar-refractivity contribution is 7.89. The third kappa shape index (κ3) is 5.29. The van der Waals surface area contributed by atoms with Gasteiger partial charge in [0.15, 0.2) is 0 Å². The number of methoxy groups -OCH3 is 1. The summed E-state index contributed by atoms with van der Waals surface area (Å²) in [5.41, 5.74) is 2.45. The van der Waals surface area contributed by atoms with E-state index in [1.54, 1.807) is 12.1 Å². The number of carbonyl (C=O) groups excluding carboxylic acids is 1. The highest BCUT2D eigenvalue weighted by Crippen LogP contribution is 2.30. The fraction of sp³-hybridized carbons (Fsp3) is 0.381. The van der Waals surface area contributed by atoms with Gasteiger partial charge >= 0.3 is 0 Å². The van der Waals surface area contributed by atoms with Gasteiger partial charge in [0.1, 0.15) is 10.6 Å². The average Bonchev–Trinajstić information content (AvgIpc) is 2.78. The summed E-state index contributed by atoms with van der Waals surface area (Å²) in [4.78, 5) is 12.4. The Hall–Kier alpha value is -2.62. The second kappa shape index (κ2) is 9.92. The maximum Gasteiger partial charge on any atom is 0.246 e. The first-order chi connectivity index (χ1) is 14.4. The summed E-state index contributed by atoms with van der Waals surface area (Å²) in [6, 6.07) is 12.4.